The zero-order valence-corrected chi connectivity index (χ0v) is 14.8. The molecule has 3 atom stereocenters. The summed E-state index contributed by atoms with van der Waals surface area (Å²) in [6.07, 6.45) is 10.2. The number of aryl methyl sites for hydroxylation is 1. The van der Waals surface area contributed by atoms with Crippen LogP contribution in [0.1, 0.15) is 24.2 Å². The first kappa shape index (κ1) is 16.7. The van der Waals surface area contributed by atoms with Crippen LogP contribution < -0.4 is 0 Å². The van der Waals surface area contributed by atoms with E-state index in [2.05, 4.69) is 32.5 Å². The van der Waals surface area contributed by atoms with Crippen LogP contribution in [0.5, 0.6) is 0 Å². The second kappa shape index (κ2) is 7.64. The van der Waals surface area contributed by atoms with Crippen molar-refractivity contribution in [2.24, 2.45) is 13.0 Å². The lowest BCUT2D eigenvalue weighted by Gasteiger charge is -2.39. The molecular formula is C19H26N4O2. The molecule has 4 rings (SSSR count). The number of pyridine rings is 1. The number of morpholine rings is 1. The zero-order chi connectivity index (χ0) is 17.1. The van der Waals surface area contributed by atoms with E-state index in [0.717, 1.165) is 37.7 Å². The number of nitrogens with zero attached hydrogens (tertiary/aromatic N) is 4. The molecule has 2 aromatic heterocycles. The predicted molar refractivity (Wildman–Crippen MR) is 93.8 cm³/mol. The Bertz CT molecular complexity index is 675. The van der Waals surface area contributed by atoms with E-state index >= 15 is 0 Å². The third kappa shape index (κ3) is 3.76. The summed E-state index contributed by atoms with van der Waals surface area (Å²) < 4.78 is 14.2. The van der Waals surface area contributed by atoms with Crippen LogP contribution in [0.15, 0.2) is 36.9 Å². The first-order chi connectivity index (χ1) is 12.3. The van der Waals surface area contributed by atoms with Crippen LogP contribution in [0.3, 0.4) is 0 Å². The Labute approximate surface area is 148 Å². The Kier molecular flexibility index (Phi) is 5.10. The van der Waals surface area contributed by atoms with E-state index in [1.54, 1.807) is 6.20 Å². The first-order valence-electron chi connectivity index (χ1n) is 9.10. The summed E-state index contributed by atoms with van der Waals surface area (Å²) >= 11 is 0. The molecule has 2 aliphatic rings. The fraction of sp³-hybridized carbons (Fsp3) is 0.579. The molecule has 0 N–H and O–H groups in total. The zero-order valence-electron chi connectivity index (χ0n) is 14.8. The second-order valence-electron chi connectivity index (χ2n) is 7.04. The second-order valence-corrected chi connectivity index (χ2v) is 7.04. The lowest BCUT2D eigenvalue weighted by atomic mass is 10.0. The normalized spacial score (nSPS) is 26.7. The quantitative estimate of drug-likeness (QED) is 0.804. The highest BCUT2D eigenvalue weighted by Crippen LogP contribution is 2.35. The highest BCUT2D eigenvalue weighted by Gasteiger charge is 2.42. The minimum Gasteiger partial charge on any atom is -0.376 e. The van der Waals surface area contributed by atoms with Crippen LogP contribution in [0, 0.1) is 5.92 Å². The van der Waals surface area contributed by atoms with Crippen molar-refractivity contribution in [3.8, 4) is 0 Å². The molecule has 25 heavy (non-hydrogen) atoms. The van der Waals surface area contributed by atoms with Crippen molar-refractivity contribution in [3.63, 3.8) is 0 Å². The van der Waals surface area contributed by atoms with E-state index in [1.165, 1.54) is 12.8 Å². The van der Waals surface area contributed by atoms with Crippen molar-refractivity contribution in [3.05, 3.63) is 48.3 Å². The summed E-state index contributed by atoms with van der Waals surface area (Å²) in [5.41, 5.74) is 1.12. The molecule has 1 saturated carbocycles. The third-order valence-corrected chi connectivity index (χ3v) is 5.42. The van der Waals surface area contributed by atoms with E-state index in [4.69, 9.17) is 9.47 Å². The monoisotopic (exact) mass is 342 g/mol. The first-order valence-corrected chi connectivity index (χ1v) is 9.10. The molecule has 0 radical (unpaired) electrons. The number of hydrogen-bond donors (Lipinski definition) is 0. The van der Waals surface area contributed by atoms with Gasteiger partial charge in [0.15, 0.2) is 0 Å². The minimum atomic E-state index is 0.280. The summed E-state index contributed by atoms with van der Waals surface area (Å²) in [6.45, 7) is 4.06. The molecule has 3 unspecified atom stereocenters. The topological polar surface area (TPSA) is 52.4 Å². The average molecular weight is 342 g/mol. The molecule has 6 nitrogen and oxygen atoms in total. The van der Waals surface area contributed by atoms with Gasteiger partial charge in [0.25, 0.3) is 0 Å². The molecule has 0 bridgehead atoms. The summed E-state index contributed by atoms with van der Waals surface area (Å²) in [4.78, 5) is 11.1. The SMILES string of the molecule is Cn1ccnc1CN1CCOC2C(COCc3cccnc3)CCC21. The highest BCUT2D eigenvalue weighted by atomic mass is 16.5. The van der Waals surface area contributed by atoms with E-state index < -0.39 is 0 Å². The molecule has 0 amide bonds. The molecule has 2 aromatic rings. The van der Waals surface area contributed by atoms with Gasteiger partial charge in [-0.2, -0.15) is 0 Å². The van der Waals surface area contributed by atoms with E-state index in [1.807, 2.05) is 24.7 Å². The van der Waals surface area contributed by atoms with Gasteiger partial charge in [0.2, 0.25) is 0 Å². The number of ether oxygens (including phenoxy) is 2. The Morgan fingerprint density at radius 1 is 1.32 bits per heavy atom. The number of hydrogen-bond acceptors (Lipinski definition) is 5. The summed E-state index contributed by atoms with van der Waals surface area (Å²) in [7, 11) is 2.06. The van der Waals surface area contributed by atoms with Gasteiger partial charge in [-0.25, -0.2) is 4.98 Å². The average Bonchev–Trinajstić information content (AvgIpc) is 3.23. The Hall–Kier alpha value is -1.76. The molecule has 1 saturated heterocycles. The van der Waals surface area contributed by atoms with Gasteiger partial charge < -0.3 is 14.0 Å². The van der Waals surface area contributed by atoms with Gasteiger partial charge in [-0.05, 0) is 24.5 Å². The van der Waals surface area contributed by atoms with Crippen molar-refractivity contribution >= 4 is 0 Å². The van der Waals surface area contributed by atoms with Crippen molar-refractivity contribution < 1.29 is 9.47 Å². The van der Waals surface area contributed by atoms with E-state index in [-0.39, 0.29) is 6.10 Å². The standard InChI is InChI=1S/C19H26N4O2/c1-22-8-7-21-18(22)12-23-9-10-25-19-16(4-5-17(19)23)14-24-13-15-3-2-6-20-11-15/h2-3,6-8,11,16-17,19H,4-5,9-10,12-14H2,1H3. The molecule has 1 aliphatic heterocycles. The number of aromatic nitrogens is 3. The van der Waals surface area contributed by atoms with Crippen LogP contribution in [-0.4, -0.2) is 51.3 Å². The molecule has 3 heterocycles. The molecule has 1 aliphatic carbocycles. The van der Waals surface area contributed by atoms with Crippen LogP contribution in [0.2, 0.25) is 0 Å². The van der Waals surface area contributed by atoms with Gasteiger partial charge in [0.1, 0.15) is 5.82 Å². The fourth-order valence-corrected chi connectivity index (χ4v) is 4.05. The lowest BCUT2D eigenvalue weighted by molar-refractivity contribution is -0.0898. The Balaban J connectivity index is 1.32. The summed E-state index contributed by atoms with van der Waals surface area (Å²) in [5.74, 6) is 1.60. The maximum Gasteiger partial charge on any atom is 0.122 e. The van der Waals surface area contributed by atoms with Crippen LogP contribution in [0.4, 0.5) is 0 Å². The van der Waals surface area contributed by atoms with Crippen LogP contribution in [-0.2, 0) is 29.7 Å². The minimum absolute atomic E-state index is 0.280. The van der Waals surface area contributed by atoms with Gasteiger partial charge in [-0.15, -0.1) is 0 Å². The van der Waals surface area contributed by atoms with Crippen molar-refractivity contribution in [2.45, 2.75) is 38.1 Å². The highest BCUT2D eigenvalue weighted by molar-refractivity contribution is 5.06. The van der Waals surface area contributed by atoms with Gasteiger partial charge in [0.05, 0.1) is 32.5 Å². The third-order valence-electron chi connectivity index (χ3n) is 5.42. The fourth-order valence-electron chi connectivity index (χ4n) is 4.05. The van der Waals surface area contributed by atoms with Gasteiger partial charge in [-0.3, -0.25) is 9.88 Å². The van der Waals surface area contributed by atoms with Crippen molar-refractivity contribution in [2.75, 3.05) is 19.8 Å². The molecule has 6 heteroatoms. The lowest BCUT2D eigenvalue weighted by Crippen LogP contribution is -2.50. The summed E-state index contributed by atoms with van der Waals surface area (Å²) in [5, 5.41) is 0. The molecule has 0 spiro atoms. The largest absolute Gasteiger partial charge is 0.376 e. The number of imidazole rings is 1. The Morgan fingerprint density at radius 2 is 2.28 bits per heavy atom. The molecular weight excluding hydrogens is 316 g/mol. The van der Waals surface area contributed by atoms with Crippen LogP contribution >= 0.6 is 0 Å². The predicted octanol–water partition coefficient (Wildman–Crippen LogP) is 2.01. The number of rotatable bonds is 6. The van der Waals surface area contributed by atoms with Crippen molar-refractivity contribution in [1.29, 1.82) is 0 Å². The maximum absolute atomic E-state index is 6.14. The van der Waals surface area contributed by atoms with Gasteiger partial charge >= 0.3 is 0 Å². The smallest absolute Gasteiger partial charge is 0.122 e. The number of fused-ring (bicyclic) bond motifs is 1. The molecule has 0 aromatic carbocycles. The van der Waals surface area contributed by atoms with Crippen molar-refractivity contribution in [1.82, 2.24) is 19.4 Å². The van der Waals surface area contributed by atoms with E-state index in [0.29, 0.717) is 18.6 Å². The van der Waals surface area contributed by atoms with Gasteiger partial charge in [0, 0.05) is 50.3 Å². The maximum atomic E-state index is 6.14. The van der Waals surface area contributed by atoms with E-state index in [9.17, 15) is 0 Å². The van der Waals surface area contributed by atoms with Gasteiger partial charge in [-0.1, -0.05) is 6.07 Å². The molecule has 2 fully saturated rings. The molecule has 134 valence electrons. The van der Waals surface area contributed by atoms with Crippen LogP contribution in [0.25, 0.3) is 0 Å². The summed E-state index contributed by atoms with van der Waals surface area (Å²) in [6, 6.07) is 4.48. The Morgan fingerprint density at radius 3 is 3.08 bits per heavy atom.